The third kappa shape index (κ3) is 5.32. The molecule has 0 aliphatic rings. The van der Waals surface area contributed by atoms with Crippen molar-refractivity contribution in [3.05, 3.63) is 58.6 Å². The first-order valence-corrected chi connectivity index (χ1v) is 9.22. The van der Waals surface area contributed by atoms with Gasteiger partial charge in [-0.2, -0.15) is 0 Å². The zero-order chi connectivity index (χ0) is 19.3. The van der Waals surface area contributed by atoms with Crippen molar-refractivity contribution in [1.29, 1.82) is 0 Å². The number of amides is 1. The predicted molar refractivity (Wildman–Crippen MR) is 92.7 cm³/mol. The monoisotopic (exact) mass is 399 g/mol. The molecule has 1 amide bonds. The molecule has 1 aromatic heterocycles. The van der Waals surface area contributed by atoms with Crippen molar-refractivity contribution in [2.45, 2.75) is 18.4 Å². The molecule has 0 atom stereocenters. The Labute approximate surface area is 154 Å². The molecule has 2 rings (SSSR count). The lowest BCUT2D eigenvalue weighted by Crippen LogP contribution is -2.29. The zero-order valence-corrected chi connectivity index (χ0v) is 15.2. The Bertz CT molecular complexity index is 933. The largest absolute Gasteiger partial charge is 0.344 e. The van der Waals surface area contributed by atoms with E-state index in [0.29, 0.717) is 5.56 Å². The standard InChI is InChI=1S/C16H15ClFN3O4S/c1-10(22)7-20-16(23)15-5-2-11(8-19-15)9-21-26(24,25)12-3-4-14(18)13(17)6-12/h2-6,8,21H,7,9H2,1H3,(H,20,23). The second kappa shape index (κ2) is 8.35. The van der Waals surface area contributed by atoms with Gasteiger partial charge in [0.15, 0.2) is 0 Å². The third-order valence-corrected chi connectivity index (χ3v) is 4.91. The van der Waals surface area contributed by atoms with Gasteiger partial charge in [-0.3, -0.25) is 14.6 Å². The third-order valence-electron chi connectivity index (χ3n) is 3.22. The first-order chi connectivity index (χ1) is 12.2. The van der Waals surface area contributed by atoms with E-state index in [-0.39, 0.29) is 34.5 Å². The van der Waals surface area contributed by atoms with Crippen LogP contribution in [0.2, 0.25) is 5.02 Å². The number of pyridine rings is 1. The molecule has 1 aromatic carbocycles. The van der Waals surface area contributed by atoms with Crippen molar-refractivity contribution in [3.63, 3.8) is 0 Å². The van der Waals surface area contributed by atoms with E-state index in [1.807, 2.05) is 0 Å². The highest BCUT2D eigenvalue weighted by Crippen LogP contribution is 2.19. The van der Waals surface area contributed by atoms with Crippen LogP contribution in [0.3, 0.4) is 0 Å². The predicted octanol–water partition coefficient (Wildman–Crippen LogP) is 1.67. The van der Waals surface area contributed by atoms with Gasteiger partial charge < -0.3 is 5.32 Å². The smallest absolute Gasteiger partial charge is 0.270 e. The Balaban J connectivity index is 2.01. The van der Waals surface area contributed by atoms with Crippen LogP contribution in [0.15, 0.2) is 41.4 Å². The van der Waals surface area contributed by atoms with Crippen LogP contribution in [-0.2, 0) is 21.4 Å². The number of rotatable bonds is 7. The molecule has 0 radical (unpaired) electrons. The van der Waals surface area contributed by atoms with Crippen LogP contribution in [0, 0.1) is 5.82 Å². The summed E-state index contributed by atoms with van der Waals surface area (Å²) in [4.78, 5) is 26.3. The molecule has 0 aliphatic carbocycles. The number of carbonyl (C=O) groups excluding carboxylic acids is 2. The normalized spacial score (nSPS) is 11.2. The molecule has 0 unspecified atom stereocenters. The quantitative estimate of drug-likeness (QED) is 0.736. The van der Waals surface area contributed by atoms with E-state index in [1.54, 1.807) is 0 Å². The van der Waals surface area contributed by atoms with Crippen LogP contribution in [0.1, 0.15) is 23.0 Å². The van der Waals surface area contributed by atoms with Gasteiger partial charge in [-0.15, -0.1) is 0 Å². The molecule has 138 valence electrons. The highest BCUT2D eigenvalue weighted by Gasteiger charge is 2.16. The molecule has 2 N–H and O–H groups in total. The summed E-state index contributed by atoms with van der Waals surface area (Å²) in [5, 5.41) is 2.10. The van der Waals surface area contributed by atoms with E-state index in [1.165, 1.54) is 25.3 Å². The first-order valence-electron chi connectivity index (χ1n) is 7.36. The minimum atomic E-state index is -3.89. The number of benzene rings is 1. The number of sulfonamides is 1. The van der Waals surface area contributed by atoms with E-state index in [4.69, 9.17) is 11.6 Å². The van der Waals surface area contributed by atoms with Crippen LogP contribution in [0.25, 0.3) is 0 Å². The second-order valence-corrected chi connectivity index (χ2v) is 7.51. The van der Waals surface area contributed by atoms with Gasteiger partial charge in [-0.05, 0) is 36.8 Å². The fourth-order valence-electron chi connectivity index (χ4n) is 1.86. The summed E-state index contributed by atoms with van der Waals surface area (Å²) < 4.78 is 39.8. The van der Waals surface area contributed by atoms with Crippen LogP contribution >= 0.6 is 11.6 Å². The summed E-state index contributed by atoms with van der Waals surface area (Å²) in [6.07, 6.45) is 1.34. The van der Waals surface area contributed by atoms with Crippen LogP contribution in [0.4, 0.5) is 4.39 Å². The molecule has 0 saturated heterocycles. The number of aromatic nitrogens is 1. The average Bonchev–Trinajstić information content (AvgIpc) is 2.60. The van der Waals surface area contributed by atoms with Crippen LogP contribution < -0.4 is 10.0 Å². The Hall–Kier alpha value is -2.36. The molecule has 2 aromatic rings. The van der Waals surface area contributed by atoms with Crippen molar-refractivity contribution in [3.8, 4) is 0 Å². The summed E-state index contributed by atoms with van der Waals surface area (Å²) >= 11 is 5.59. The lowest BCUT2D eigenvalue weighted by atomic mass is 10.2. The van der Waals surface area contributed by atoms with Gasteiger partial charge >= 0.3 is 0 Å². The van der Waals surface area contributed by atoms with Crippen molar-refractivity contribution in [2.75, 3.05) is 6.54 Å². The fourth-order valence-corrected chi connectivity index (χ4v) is 3.15. The molecule has 0 bridgehead atoms. The molecular formula is C16H15ClFN3O4S. The lowest BCUT2D eigenvalue weighted by molar-refractivity contribution is -0.116. The maximum atomic E-state index is 13.1. The topological polar surface area (TPSA) is 105 Å². The number of ketones is 1. The first kappa shape index (κ1) is 20.0. The van der Waals surface area contributed by atoms with Crippen molar-refractivity contribution in [2.24, 2.45) is 0 Å². The lowest BCUT2D eigenvalue weighted by Gasteiger charge is -2.08. The number of Topliss-reactive ketones (excluding diaryl/α,β-unsaturated/α-hetero) is 1. The molecule has 1 heterocycles. The van der Waals surface area contributed by atoms with Crippen LogP contribution in [-0.4, -0.2) is 31.6 Å². The van der Waals surface area contributed by atoms with Gasteiger partial charge in [0.25, 0.3) is 5.91 Å². The van der Waals surface area contributed by atoms with E-state index in [0.717, 1.165) is 18.2 Å². The number of halogens is 2. The Morgan fingerprint density at radius 3 is 2.54 bits per heavy atom. The Kier molecular flexibility index (Phi) is 6.41. The summed E-state index contributed by atoms with van der Waals surface area (Å²) in [7, 11) is -3.89. The number of hydrogen-bond donors (Lipinski definition) is 2. The number of hydrogen-bond acceptors (Lipinski definition) is 5. The van der Waals surface area contributed by atoms with E-state index >= 15 is 0 Å². The highest BCUT2D eigenvalue weighted by molar-refractivity contribution is 7.89. The molecule has 0 aliphatic heterocycles. The van der Waals surface area contributed by atoms with Gasteiger partial charge in [-0.25, -0.2) is 17.5 Å². The molecule has 7 nitrogen and oxygen atoms in total. The summed E-state index contributed by atoms with van der Waals surface area (Å²) in [6, 6.07) is 6.01. The highest BCUT2D eigenvalue weighted by atomic mass is 35.5. The maximum absolute atomic E-state index is 13.1. The average molecular weight is 400 g/mol. The van der Waals surface area contributed by atoms with Gasteiger partial charge in [-0.1, -0.05) is 17.7 Å². The van der Waals surface area contributed by atoms with Crippen molar-refractivity contribution >= 4 is 33.3 Å². The summed E-state index contributed by atoms with van der Waals surface area (Å²) in [5.74, 6) is -1.41. The van der Waals surface area contributed by atoms with E-state index < -0.39 is 21.7 Å². The van der Waals surface area contributed by atoms with E-state index in [9.17, 15) is 22.4 Å². The summed E-state index contributed by atoms with van der Waals surface area (Å²) in [5.41, 5.74) is 0.605. The van der Waals surface area contributed by atoms with Gasteiger partial charge in [0.05, 0.1) is 16.5 Å². The second-order valence-electron chi connectivity index (χ2n) is 5.34. The summed E-state index contributed by atoms with van der Waals surface area (Å²) in [6.45, 7) is 1.17. The van der Waals surface area contributed by atoms with Crippen molar-refractivity contribution < 1.29 is 22.4 Å². The number of nitrogens with one attached hydrogen (secondary N) is 2. The number of nitrogens with zero attached hydrogens (tertiary/aromatic N) is 1. The molecular weight excluding hydrogens is 385 g/mol. The molecule has 0 fully saturated rings. The van der Waals surface area contributed by atoms with E-state index in [2.05, 4.69) is 15.0 Å². The van der Waals surface area contributed by atoms with Crippen LogP contribution in [0.5, 0.6) is 0 Å². The van der Waals surface area contributed by atoms with Gasteiger partial charge in [0.1, 0.15) is 17.3 Å². The Morgan fingerprint density at radius 1 is 1.23 bits per heavy atom. The SMILES string of the molecule is CC(=O)CNC(=O)c1ccc(CNS(=O)(=O)c2ccc(F)c(Cl)c2)cn1. The molecule has 0 saturated carbocycles. The van der Waals surface area contributed by atoms with Crippen molar-refractivity contribution in [1.82, 2.24) is 15.0 Å². The number of carbonyl (C=O) groups is 2. The minimum Gasteiger partial charge on any atom is -0.344 e. The van der Waals surface area contributed by atoms with Gasteiger partial charge in [0, 0.05) is 12.7 Å². The zero-order valence-electron chi connectivity index (χ0n) is 13.6. The van der Waals surface area contributed by atoms with Gasteiger partial charge in [0.2, 0.25) is 10.0 Å². The fraction of sp³-hybridized carbons (Fsp3) is 0.188. The minimum absolute atomic E-state index is 0.0837. The Morgan fingerprint density at radius 2 is 1.96 bits per heavy atom. The molecule has 26 heavy (non-hydrogen) atoms. The molecule has 10 heteroatoms. The molecule has 0 spiro atoms. The maximum Gasteiger partial charge on any atom is 0.270 e.